The van der Waals surface area contributed by atoms with Crippen LogP contribution in [0, 0.1) is 0 Å². The summed E-state index contributed by atoms with van der Waals surface area (Å²) in [4.78, 5) is 11.1. The summed E-state index contributed by atoms with van der Waals surface area (Å²) in [5.41, 5.74) is 10.0. The first kappa shape index (κ1) is 20.7. The largest absolute Gasteiger partial charge is 0.488 e. The molecule has 1 aliphatic rings. The predicted octanol–water partition coefficient (Wildman–Crippen LogP) is 3.28. The fourth-order valence-electron chi connectivity index (χ4n) is 3.52. The Bertz CT molecular complexity index is 1100. The maximum absolute atomic E-state index is 11.1. The second kappa shape index (κ2) is 9.07. The molecule has 3 aromatic carbocycles. The van der Waals surface area contributed by atoms with Crippen molar-refractivity contribution >= 4 is 5.97 Å². The van der Waals surface area contributed by atoms with E-state index in [1.54, 1.807) is 24.3 Å². The minimum absolute atomic E-state index is 0.119. The minimum atomic E-state index is -0.920. The zero-order valence-electron chi connectivity index (χ0n) is 16.8. The first-order valence-corrected chi connectivity index (χ1v) is 9.87. The molecule has 1 aliphatic heterocycles. The van der Waals surface area contributed by atoms with Crippen molar-refractivity contribution in [2.75, 3.05) is 13.4 Å². The van der Waals surface area contributed by atoms with E-state index in [9.17, 15) is 9.90 Å². The lowest BCUT2D eigenvalue weighted by molar-refractivity contribution is -0.136. The van der Waals surface area contributed by atoms with E-state index in [4.69, 9.17) is 25.1 Å². The van der Waals surface area contributed by atoms with Gasteiger partial charge in [0.05, 0.1) is 19.1 Å². The van der Waals surface area contributed by atoms with Crippen LogP contribution in [0.3, 0.4) is 0 Å². The molecule has 31 heavy (non-hydrogen) atoms. The molecule has 1 atom stereocenters. The number of para-hydroxylation sites is 1. The molecule has 7 heteroatoms. The molecule has 0 radical (unpaired) electrons. The van der Waals surface area contributed by atoms with E-state index in [0.29, 0.717) is 22.8 Å². The highest BCUT2D eigenvalue weighted by atomic mass is 16.7. The number of fused-ring (bicyclic) bond motifs is 1. The minimum Gasteiger partial charge on any atom is -0.488 e. The number of benzene rings is 3. The van der Waals surface area contributed by atoms with Crippen molar-refractivity contribution in [3.05, 3.63) is 77.4 Å². The summed E-state index contributed by atoms with van der Waals surface area (Å²) in [6.45, 7) is 0.169. The summed E-state index contributed by atoms with van der Waals surface area (Å²) in [5, 5.41) is 18.5. The molecule has 4 rings (SSSR count). The first-order chi connectivity index (χ1) is 15.0. The molecule has 3 aromatic rings. The molecule has 0 bridgehead atoms. The average Bonchev–Trinajstić information content (AvgIpc) is 3.26. The smallest absolute Gasteiger partial charge is 0.307 e. The topological polar surface area (TPSA) is 111 Å². The number of carboxylic acid groups (broad SMARTS) is 1. The fraction of sp³-hybridized carbons (Fsp3) is 0.208. The second-order valence-electron chi connectivity index (χ2n) is 7.25. The van der Waals surface area contributed by atoms with E-state index in [0.717, 1.165) is 22.3 Å². The van der Waals surface area contributed by atoms with Crippen molar-refractivity contribution in [2.45, 2.75) is 19.1 Å². The van der Waals surface area contributed by atoms with Gasteiger partial charge in [0.25, 0.3) is 0 Å². The fourth-order valence-corrected chi connectivity index (χ4v) is 3.52. The number of rotatable bonds is 8. The van der Waals surface area contributed by atoms with Crippen LogP contribution in [0.25, 0.3) is 11.1 Å². The van der Waals surface area contributed by atoms with Crippen molar-refractivity contribution in [1.82, 2.24) is 0 Å². The van der Waals surface area contributed by atoms with Gasteiger partial charge in [-0.1, -0.05) is 36.4 Å². The van der Waals surface area contributed by atoms with E-state index < -0.39 is 12.0 Å². The maximum Gasteiger partial charge on any atom is 0.307 e. The number of aliphatic hydroxyl groups excluding tert-OH is 1. The van der Waals surface area contributed by atoms with E-state index in [1.165, 1.54) is 0 Å². The lowest BCUT2D eigenvalue weighted by atomic mass is 9.98. The highest BCUT2D eigenvalue weighted by Crippen LogP contribution is 2.40. The molecule has 0 fully saturated rings. The first-order valence-electron chi connectivity index (χ1n) is 9.87. The third kappa shape index (κ3) is 4.63. The highest BCUT2D eigenvalue weighted by Gasteiger charge is 2.21. The summed E-state index contributed by atoms with van der Waals surface area (Å²) < 4.78 is 17.2. The average molecular weight is 421 g/mol. The van der Waals surface area contributed by atoms with Crippen LogP contribution in [0.4, 0.5) is 0 Å². The number of nitrogens with two attached hydrogens (primary N) is 1. The number of ether oxygens (including phenoxy) is 3. The maximum atomic E-state index is 11.1. The quantitative estimate of drug-likeness (QED) is 0.512. The molecule has 1 heterocycles. The molecule has 0 saturated carbocycles. The Hall–Kier alpha value is -3.55. The Labute approximate surface area is 179 Å². The number of carboxylic acids is 1. The van der Waals surface area contributed by atoms with Gasteiger partial charge >= 0.3 is 5.97 Å². The molecule has 0 spiro atoms. The van der Waals surface area contributed by atoms with Crippen molar-refractivity contribution in [2.24, 2.45) is 5.73 Å². The van der Waals surface area contributed by atoms with Gasteiger partial charge in [-0.15, -0.1) is 0 Å². The van der Waals surface area contributed by atoms with Crippen LogP contribution in [-0.2, 0) is 17.8 Å². The standard InChI is InChI=1S/C24H23NO6/c25-20(12-26)16-6-3-5-15(8-16)18-9-19(24-22(10-18)30-14-31-24)13-29-21-7-2-1-4-17(21)11-23(27)28/h1-10,20,26H,11-14,25H2,(H,27,28). The van der Waals surface area contributed by atoms with Crippen molar-refractivity contribution < 1.29 is 29.2 Å². The molecule has 160 valence electrons. The summed E-state index contributed by atoms with van der Waals surface area (Å²) in [6, 6.07) is 18.1. The predicted molar refractivity (Wildman–Crippen MR) is 114 cm³/mol. The van der Waals surface area contributed by atoms with Gasteiger partial charge in [-0.25, -0.2) is 0 Å². The van der Waals surface area contributed by atoms with Crippen LogP contribution in [0.2, 0.25) is 0 Å². The van der Waals surface area contributed by atoms with Crippen LogP contribution in [0.5, 0.6) is 17.2 Å². The van der Waals surface area contributed by atoms with Crippen LogP contribution < -0.4 is 19.9 Å². The van der Waals surface area contributed by atoms with Gasteiger partial charge in [-0.05, 0) is 41.0 Å². The summed E-state index contributed by atoms with van der Waals surface area (Å²) in [5.74, 6) is 0.824. The van der Waals surface area contributed by atoms with E-state index >= 15 is 0 Å². The normalized spacial score (nSPS) is 13.1. The van der Waals surface area contributed by atoms with Crippen LogP contribution in [-0.4, -0.2) is 29.6 Å². The molecule has 7 nitrogen and oxygen atoms in total. The second-order valence-corrected chi connectivity index (χ2v) is 7.25. The lowest BCUT2D eigenvalue weighted by Gasteiger charge is -2.14. The van der Waals surface area contributed by atoms with Gasteiger partial charge in [-0.3, -0.25) is 4.79 Å². The number of aliphatic carboxylic acids is 1. The SMILES string of the molecule is NC(CO)c1cccc(-c2cc(COc3ccccc3CC(=O)O)c3c(c2)OCO3)c1. The van der Waals surface area contributed by atoms with Crippen LogP contribution in [0.15, 0.2) is 60.7 Å². The van der Waals surface area contributed by atoms with Crippen molar-refractivity contribution in [3.63, 3.8) is 0 Å². The summed E-state index contributed by atoms with van der Waals surface area (Å²) >= 11 is 0. The molecular formula is C24H23NO6. The zero-order valence-corrected chi connectivity index (χ0v) is 16.8. The number of aliphatic hydroxyl groups is 1. The Kier molecular flexibility index (Phi) is 6.06. The van der Waals surface area contributed by atoms with Gasteiger partial charge in [0.2, 0.25) is 6.79 Å². The zero-order chi connectivity index (χ0) is 21.8. The molecule has 0 aromatic heterocycles. The van der Waals surface area contributed by atoms with Gasteiger partial charge in [0.15, 0.2) is 11.5 Å². The number of hydrogen-bond acceptors (Lipinski definition) is 6. The number of hydrogen-bond donors (Lipinski definition) is 3. The molecule has 0 aliphatic carbocycles. The third-order valence-corrected chi connectivity index (χ3v) is 5.09. The van der Waals surface area contributed by atoms with Gasteiger partial charge in [0.1, 0.15) is 12.4 Å². The van der Waals surface area contributed by atoms with Crippen molar-refractivity contribution in [1.29, 1.82) is 0 Å². The molecule has 4 N–H and O–H groups in total. The van der Waals surface area contributed by atoms with E-state index in [-0.39, 0.29) is 26.4 Å². The Balaban J connectivity index is 1.64. The highest BCUT2D eigenvalue weighted by molar-refractivity contribution is 5.72. The molecule has 1 unspecified atom stereocenters. The van der Waals surface area contributed by atoms with Crippen LogP contribution in [0.1, 0.15) is 22.7 Å². The Morgan fingerprint density at radius 3 is 2.68 bits per heavy atom. The number of carbonyl (C=O) groups is 1. The van der Waals surface area contributed by atoms with Gasteiger partial charge in [0, 0.05) is 11.1 Å². The molecular weight excluding hydrogens is 398 g/mol. The van der Waals surface area contributed by atoms with Gasteiger partial charge < -0.3 is 30.2 Å². The monoisotopic (exact) mass is 421 g/mol. The van der Waals surface area contributed by atoms with Crippen LogP contribution >= 0.6 is 0 Å². The molecule has 0 amide bonds. The Morgan fingerprint density at radius 1 is 1.03 bits per heavy atom. The summed E-state index contributed by atoms with van der Waals surface area (Å²) in [6.07, 6.45) is -0.119. The lowest BCUT2D eigenvalue weighted by Crippen LogP contribution is -2.14. The van der Waals surface area contributed by atoms with Crippen molar-refractivity contribution in [3.8, 4) is 28.4 Å². The van der Waals surface area contributed by atoms with E-state index in [2.05, 4.69) is 0 Å². The Morgan fingerprint density at radius 2 is 1.87 bits per heavy atom. The third-order valence-electron chi connectivity index (χ3n) is 5.09. The summed E-state index contributed by atoms with van der Waals surface area (Å²) in [7, 11) is 0. The molecule has 0 saturated heterocycles. The van der Waals surface area contributed by atoms with E-state index in [1.807, 2.05) is 36.4 Å². The van der Waals surface area contributed by atoms with Gasteiger partial charge in [-0.2, -0.15) is 0 Å².